The maximum Gasteiger partial charge on any atom is 0.256 e. The fraction of sp³-hybridized carbons (Fsp3) is 0.158. The summed E-state index contributed by atoms with van der Waals surface area (Å²) in [5.41, 5.74) is 2.85. The van der Waals surface area contributed by atoms with Crippen LogP contribution < -0.4 is 19.5 Å². The number of benzene rings is 2. The summed E-state index contributed by atoms with van der Waals surface area (Å²) in [6, 6.07) is 10.8. The Hall–Kier alpha value is -3.46. The molecule has 0 aromatic heterocycles. The number of hydrogen-bond acceptors (Lipinski definition) is 5. The van der Waals surface area contributed by atoms with Gasteiger partial charge in [0, 0.05) is 11.1 Å². The molecule has 0 spiro atoms. The van der Waals surface area contributed by atoms with Crippen molar-refractivity contribution in [1.82, 2.24) is 0 Å². The highest BCUT2D eigenvalue weighted by atomic mass is 16.5. The normalized spacial score (nSPS) is 13.8. The predicted molar refractivity (Wildman–Crippen MR) is 93.8 cm³/mol. The van der Waals surface area contributed by atoms with Crippen LogP contribution in [-0.2, 0) is 4.79 Å². The summed E-state index contributed by atoms with van der Waals surface area (Å²) in [7, 11) is 4.60. The Balaban J connectivity index is 2.14. The monoisotopic (exact) mass is 336 g/mol. The molecule has 0 saturated heterocycles. The molecule has 1 amide bonds. The molecule has 1 N–H and O–H groups in total. The van der Waals surface area contributed by atoms with Crippen LogP contribution in [0.5, 0.6) is 17.2 Å². The minimum absolute atomic E-state index is 0.258. The first-order valence-corrected chi connectivity index (χ1v) is 7.49. The summed E-state index contributed by atoms with van der Waals surface area (Å²) >= 11 is 0. The molecule has 0 unspecified atom stereocenters. The van der Waals surface area contributed by atoms with E-state index in [-0.39, 0.29) is 5.91 Å². The number of methoxy groups -OCH3 is 3. The van der Waals surface area contributed by atoms with Crippen molar-refractivity contribution in [3.63, 3.8) is 0 Å². The smallest absolute Gasteiger partial charge is 0.256 e. The molecule has 25 heavy (non-hydrogen) atoms. The molecule has 0 aliphatic carbocycles. The van der Waals surface area contributed by atoms with E-state index in [0.29, 0.717) is 39.6 Å². The third-order valence-electron chi connectivity index (χ3n) is 3.96. The van der Waals surface area contributed by atoms with Crippen LogP contribution in [0.1, 0.15) is 16.7 Å². The fourth-order valence-corrected chi connectivity index (χ4v) is 2.80. The summed E-state index contributed by atoms with van der Waals surface area (Å²) in [6.45, 7) is 0. The molecule has 6 heteroatoms. The number of hydrogen-bond donors (Lipinski definition) is 1. The lowest BCUT2D eigenvalue weighted by Crippen LogP contribution is -2.04. The van der Waals surface area contributed by atoms with Crippen LogP contribution in [0.25, 0.3) is 11.6 Å². The van der Waals surface area contributed by atoms with E-state index >= 15 is 0 Å². The Bertz CT molecular complexity index is 901. The molecule has 0 fully saturated rings. The number of nitrogens with one attached hydrogen (secondary N) is 1. The Morgan fingerprint density at radius 1 is 1.08 bits per heavy atom. The molecule has 2 aromatic rings. The lowest BCUT2D eigenvalue weighted by atomic mass is 10.0. The van der Waals surface area contributed by atoms with Crippen molar-refractivity contribution < 1.29 is 19.0 Å². The van der Waals surface area contributed by atoms with Crippen molar-refractivity contribution in [3.05, 3.63) is 47.0 Å². The van der Waals surface area contributed by atoms with E-state index in [9.17, 15) is 10.1 Å². The van der Waals surface area contributed by atoms with Crippen molar-refractivity contribution in [2.45, 2.75) is 0 Å². The number of nitrogens with zero attached hydrogens (tertiary/aromatic N) is 1. The minimum Gasteiger partial charge on any atom is -0.493 e. The summed E-state index contributed by atoms with van der Waals surface area (Å²) in [6.07, 6.45) is 1.73. The molecule has 6 nitrogen and oxygen atoms in total. The average molecular weight is 336 g/mol. The van der Waals surface area contributed by atoms with Gasteiger partial charge in [-0.2, -0.15) is 5.26 Å². The molecule has 1 aliphatic rings. The predicted octanol–water partition coefficient (Wildman–Crippen LogP) is 3.08. The third-order valence-corrected chi connectivity index (χ3v) is 3.96. The molecule has 3 rings (SSSR count). The standard InChI is InChI=1S/C19H16N2O4/c1-23-15-8-11(9-16(24-2)18(15)25-3)7-14-13-6-4-5-12(10-20)17(13)21-19(14)22/h4-9H,1-3H3,(H,21,22)/b14-7-. The zero-order valence-electron chi connectivity index (χ0n) is 14.0. The van der Waals surface area contributed by atoms with Crippen LogP contribution in [0, 0.1) is 11.3 Å². The van der Waals surface area contributed by atoms with Crippen molar-refractivity contribution in [2.75, 3.05) is 26.6 Å². The highest BCUT2D eigenvalue weighted by Crippen LogP contribution is 2.40. The lowest BCUT2D eigenvalue weighted by Gasteiger charge is -2.13. The van der Waals surface area contributed by atoms with Crippen LogP contribution in [-0.4, -0.2) is 27.2 Å². The van der Waals surface area contributed by atoms with Gasteiger partial charge in [0.1, 0.15) is 6.07 Å². The summed E-state index contributed by atoms with van der Waals surface area (Å²) in [5.74, 6) is 1.22. The Morgan fingerprint density at radius 3 is 2.32 bits per heavy atom. The highest BCUT2D eigenvalue weighted by molar-refractivity contribution is 6.35. The Morgan fingerprint density at radius 2 is 1.76 bits per heavy atom. The minimum atomic E-state index is -0.258. The van der Waals surface area contributed by atoms with Gasteiger partial charge in [0.25, 0.3) is 5.91 Å². The number of nitriles is 1. The van der Waals surface area contributed by atoms with Gasteiger partial charge < -0.3 is 19.5 Å². The van der Waals surface area contributed by atoms with E-state index in [4.69, 9.17) is 14.2 Å². The van der Waals surface area contributed by atoms with Gasteiger partial charge in [-0.25, -0.2) is 0 Å². The van der Waals surface area contributed by atoms with Crippen molar-refractivity contribution >= 4 is 23.2 Å². The molecular formula is C19H16N2O4. The highest BCUT2D eigenvalue weighted by Gasteiger charge is 2.26. The fourth-order valence-electron chi connectivity index (χ4n) is 2.80. The maximum absolute atomic E-state index is 12.4. The number of amides is 1. The maximum atomic E-state index is 12.4. The number of rotatable bonds is 4. The second-order valence-electron chi connectivity index (χ2n) is 5.31. The van der Waals surface area contributed by atoms with Crippen molar-refractivity contribution in [1.29, 1.82) is 5.26 Å². The topological polar surface area (TPSA) is 80.6 Å². The number of carbonyl (C=O) groups is 1. The molecular weight excluding hydrogens is 320 g/mol. The number of para-hydroxylation sites is 1. The zero-order valence-corrected chi connectivity index (χ0v) is 14.0. The van der Waals surface area contributed by atoms with Crippen LogP contribution in [0.2, 0.25) is 0 Å². The lowest BCUT2D eigenvalue weighted by molar-refractivity contribution is -0.110. The average Bonchev–Trinajstić information content (AvgIpc) is 2.96. The summed E-state index contributed by atoms with van der Waals surface area (Å²) in [5, 5.41) is 11.9. The second-order valence-corrected chi connectivity index (χ2v) is 5.31. The Labute approximate surface area is 145 Å². The van der Waals surface area contributed by atoms with E-state index in [0.717, 1.165) is 5.56 Å². The van der Waals surface area contributed by atoms with E-state index in [1.165, 1.54) is 21.3 Å². The van der Waals surface area contributed by atoms with E-state index in [2.05, 4.69) is 11.4 Å². The molecule has 0 atom stereocenters. The van der Waals surface area contributed by atoms with Gasteiger partial charge in [-0.1, -0.05) is 12.1 Å². The largest absolute Gasteiger partial charge is 0.493 e. The van der Waals surface area contributed by atoms with Crippen LogP contribution in [0.4, 0.5) is 5.69 Å². The first-order chi connectivity index (χ1) is 12.1. The molecule has 0 radical (unpaired) electrons. The number of fused-ring (bicyclic) bond motifs is 1. The molecule has 1 heterocycles. The second kappa shape index (κ2) is 6.57. The number of carbonyl (C=O) groups excluding carboxylic acids is 1. The molecule has 0 saturated carbocycles. The quantitative estimate of drug-likeness (QED) is 0.868. The first-order valence-electron chi connectivity index (χ1n) is 7.49. The summed E-state index contributed by atoms with van der Waals surface area (Å²) in [4.78, 5) is 12.4. The van der Waals surface area contributed by atoms with Crippen LogP contribution in [0.3, 0.4) is 0 Å². The molecule has 2 aromatic carbocycles. The van der Waals surface area contributed by atoms with Crippen molar-refractivity contribution in [2.24, 2.45) is 0 Å². The van der Waals surface area contributed by atoms with Gasteiger partial charge in [0.2, 0.25) is 5.75 Å². The number of anilines is 1. The van der Waals surface area contributed by atoms with Gasteiger partial charge in [-0.3, -0.25) is 4.79 Å². The van der Waals surface area contributed by atoms with Gasteiger partial charge in [0.15, 0.2) is 11.5 Å². The summed E-state index contributed by atoms with van der Waals surface area (Å²) < 4.78 is 16.0. The van der Waals surface area contributed by atoms with Crippen LogP contribution >= 0.6 is 0 Å². The molecule has 1 aliphatic heterocycles. The SMILES string of the molecule is COc1cc(/C=C2\C(=O)Nc3c(C#N)cccc32)cc(OC)c1OC. The molecule has 126 valence electrons. The van der Waals surface area contributed by atoms with Crippen LogP contribution in [0.15, 0.2) is 30.3 Å². The van der Waals surface area contributed by atoms with Gasteiger partial charge in [-0.15, -0.1) is 0 Å². The van der Waals surface area contributed by atoms with Gasteiger partial charge in [-0.05, 0) is 29.8 Å². The van der Waals surface area contributed by atoms with E-state index < -0.39 is 0 Å². The van der Waals surface area contributed by atoms with E-state index in [1.807, 2.05) is 0 Å². The van der Waals surface area contributed by atoms with Gasteiger partial charge in [0.05, 0.1) is 32.6 Å². The Kier molecular flexibility index (Phi) is 4.31. The van der Waals surface area contributed by atoms with E-state index in [1.54, 1.807) is 36.4 Å². The molecule has 0 bridgehead atoms. The first kappa shape index (κ1) is 16.4. The van der Waals surface area contributed by atoms with Gasteiger partial charge >= 0.3 is 0 Å². The zero-order chi connectivity index (χ0) is 18.0. The van der Waals surface area contributed by atoms with Crippen molar-refractivity contribution in [3.8, 4) is 23.3 Å². The number of ether oxygens (including phenoxy) is 3. The third kappa shape index (κ3) is 2.76.